The van der Waals surface area contributed by atoms with E-state index in [2.05, 4.69) is 0 Å². The van der Waals surface area contributed by atoms with Crippen molar-refractivity contribution in [3.63, 3.8) is 0 Å². The number of nitrogens with zero attached hydrogens (tertiary/aromatic N) is 1. The Morgan fingerprint density at radius 3 is 2.74 bits per heavy atom. The fourth-order valence-corrected chi connectivity index (χ4v) is 2.72. The number of ketones is 1. The van der Waals surface area contributed by atoms with Crippen LogP contribution in [0.3, 0.4) is 0 Å². The van der Waals surface area contributed by atoms with Gasteiger partial charge in [0.05, 0.1) is 12.2 Å². The van der Waals surface area contributed by atoms with Gasteiger partial charge in [-0.2, -0.15) is 0 Å². The summed E-state index contributed by atoms with van der Waals surface area (Å²) in [6, 6.07) is 14.6. The van der Waals surface area contributed by atoms with E-state index in [-0.39, 0.29) is 18.2 Å². The van der Waals surface area contributed by atoms with Crippen LogP contribution in [-0.4, -0.2) is 24.3 Å². The Bertz CT molecular complexity index is 757. The van der Waals surface area contributed by atoms with E-state index in [1.807, 2.05) is 30.3 Å². The number of benzene rings is 2. The number of nitrogen functional groups attached to an aromatic ring is 1. The molecule has 5 heteroatoms. The minimum Gasteiger partial charge on any atom is -0.478 e. The van der Waals surface area contributed by atoms with E-state index >= 15 is 0 Å². The van der Waals surface area contributed by atoms with E-state index in [0.29, 0.717) is 23.5 Å². The molecule has 0 aliphatic carbocycles. The van der Waals surface area contributed by atoms with Crippen molar-refractivity contribution < 1.29 is 14.3 Å². The van der Waals surface area contributed by atoms with Crippen molar-refractivity contribution in [1.29, 1.82) is 0 Å². The standard InChI is InChI=1S/C18H18N2O3/c1-12(21)11-20-15-7-2-3-8-16(15)23-17(18(20)22)10-13-5-4-6-14(19)9-13/h2-9,17H,10-11,19H2,1H3. The molecule has 1 heterocycles. The number of fused-ring (bicyclic) bond motifs is 1. The predicted octanol–water partition coefficient (Wildman–Crippen LogP) is 2.19. The summed E-state index contributed by atoms with van der Waals surface area (Å²) < 4.78 is 5.86. The van der Waals surface area contributed by atoms with E-state index < -0.39 is 6.10 Å². The number of nitrogens with two attached hydrogens (primary N) is 1. The molecule has 1 aliphatic heterocycles. The number of carbonyl (C=O) groups is 2. The quantitative estimate of drug-likeness (QED) is 0.879. The first-order valence-corrected chi connectivity index (χ1v) is 7.45. The summed E-state index contributed by atoms with van der Waals surface area (Å²) in [6.07, 6.45) is -0.252. The SMILES string of the molecule is CC(=O)CN1C(=O)C(Cc2cccc(N)c2)Oc2ccccc21. The first kappa shape index (κ1) is 15.1. The van der Waals surface area contributed by atoms with Gasteiger partial charge in [0, 0.05) is 12.1 Å². The van der Waals surface area contributed by atoms with Gasteiger partial charge >= 0.3 is 0 Å². The average Bonchev–Trinajstić information content (AvgIpc) is 2.51. The van der Waals surface area contributed by atoms with Gasteiger partial charge in [-0.15, -0.1) is 0 Å². The molecule has 0 aromatic heterocycles. The van der Waals surface area contributed by atoms with Crippen molar-refractivity contribution >= 4 is 23.1 Å². The monoisotopic (exact) mass is 310 g/mol. The molecule has 1 amide bonds. The van der Waals surface area contributed by atoms with Crippen molar-refractivity contribution in [3.8, 4) is 5.75 Å². The molecule has 1 unspecified atom stereocenters. The maximum absolute atomic E-state index is 12.7. The number of Topliss-reactive ketones (excluding diaryl/α,β-unsaturated/α-hetero) is 1. The molecule has 0 saturated heterocycles. The van der Waals surface area contributed by atoms with E-state index in [0.717, 1.165) is 5.56 Å². The zero-order chi connectivity index (χ0) is 16.4. The number of rotatable bonds is 4. The van der Waals surface area contributed by atoms with Crippen LogP contribution < -0.4 is 15.4 Å². The largest absolute Gasteiger partial charge is 0.478 e. The molecule has 2 aromatic carbocycles. The fraction of sp³-hybridized carbons (Fsp3) is 0.222. The topological polar surface area (TPSA) is 72.6 Å². The Kier molecular flexibility index (Phi) is 4.02. The van der Waals surface area contributed by atoms with Crippen LogP contribution in [0.5, 0.6) is 5.75 Å². The highest BCUT2D eigenvalue weighted by Crippen LogP contribution is 2.34. The lowest BCUT2D eigenvalue weighted by Crippen LogP contribution is -2.48. The van der Waals surface area contributed by atoms with Gasteiger partial charge in [-0.3, -0.25) is 14.5 Å². The number of carbonyl (C=O) groups excluding carboxylic acids is 2. The highest BCUT2D eigenvalue weighted by molar-refractivity contribution is 6.03. The summed E-state index contributed by atoms with van der Waals surface area (Å²) in [6.45, 7) is 1.52. The first-order chi connectivity index (χ1) is 11.0. The second kappa shape index (κ2) is 6.12. The van der Waals surface area contributed by atoms with Gasteiger partial charge in [-0.05, 0) is 36.8 Å². The molecule has 0 spiro atoms. The molecule has 0 saturated carbocycles. The lowest BCUT2D eigenvalue weighted by atomic mass is 10.0. The number of para-hydroxylation sites is 2. The third-order valence-corrected chi connectivity index (χ3v) is 3.72. The molecule has 3 rings (SSSR count). The molecule has 5 nitrogen and oxygen atoms in total. The third kappa shape index (κ3) is 3.18. The predicted molar refractivity (Wildman–Crippen MR) is 88.5 cm³/mol. The normalized spacial score (nSPS) is 16.7. The molecule has 2 aromatic rings. The molecule has 0 bridgehead atoms. The lowest BCUT2D eigenvalue weighted by Gasteiger charge is -2.34. The van der Waals surface area contributed by atoms with Crippen LogP contribution in [0, 0.1) is 0 Å². The van der Waals surface area contributed by atoms with Gasteiger partial charge in [0.1, 0.15) is 11.5 Å². The van der Waals surface area contributed by atoms with Crippen LogP contribution in [-0.2, 0) is 16.0 Å². The Morgan fingerprint density at radius 1 is 1.22 bits per heavy atom. The number of hydrogen-bond acceptors (Lipinski definition) is 4. The van der Waals surface area contributed by atoms with Crippen molar-refractivity contribution in [1.82, 2.24) is 0 Å². The zero-order valence-electron chi connectivity index (χ0n) is 12.9. The van der Waals surface area contributed by atoms with E-state index in [1.54, 1.807) is 18.2 Å². The summed E-state index contributed by atoms with van der Waals surface area (Å²) in [5.41, 5.74) is 7.99. The van der Waals surface area contributed by atoms with Gasteiger partial charge in [0.25, 0.3) is 5.91 Å². The smallest absolute Gasteiger partial charge is 0.268 e. The van der Waals surface area contributed by atoms with Crippen LogP contribution in [0.15, 0.2) is 48.5 Å². The fourth-order valence-electron chi connectivity index (χ4n) is 2.72. The number of ether oxygens (including phenoxy) is 1. The third-order valence-electron chi connectivity index (χ3n) is 3.72. The van der Waals surface area contributed by atoms with Crippen LogP contribution in [0.25, 0.3) is 0 Å². The second-order valence-electron chi connectivity index (χ2n) is 5.65. The first-order valence-electron chi connectivity index (χ1n) is 7.45. The summed E-state index contributed by atoms with van der Waals surface area (Å²) in [5, 5.41) is 0. The van der Waals surface area contributed by atoms with Crippen LogP contribution in [0.1, 0.15) is 12.5 Å². The molecule has 0 radical (unpaired) electrons. The minimum absolute atomic E-state index is 0.0482. The molecular formula is C18H18N2O3. The van der Waals surface area contributed by atoms with Crippen molar-refractivity contribution in [2.45, 2.75) is 19.4 Å². The molecule has 2 N–H and O–H groups in total. The molecule has 0 fully saturated rings. The summed E-state index contributed by atoms with van der Waals surface area (Å²) >= 11 is 0. The molecule has 1 aliphatic rings. The van der Waals surface area contributed by atoms with E-state index in [1.165, 1.54) is 11.8 Å². The maximum atomic E-state index is 12.7. The Labute approximate surface area is 134 Å². The Morgan fingerprint density at radius 2 is 2.00 bits per heavy atom. The van der Waals surface area contributed by atoms with Crippen LogP contribution in [0.4, 0.5) is 11.4 Å². The Balaban J connectivity index is 1.91. The van der Waals surface area contributed by atoms with Gasteiger partial charge in [-0.1, -0.05) is 24.3 Å². The Hall–Kier alpha value is -2.82. The molecule has 118 valence electrons. The zero-order valence-corrected chi connectivity index (χ0v) is 12.9. The lowest BCUT2D eigenvalue weighted by molar-refractivity contribution is -0.128. The van der Waals surface area contributed by atoms with Crippen molar-refractivity contribution in [2.24, 2.45) is 0 Å². The summed E-state index contributed by atoms with van der Waals surface area (Å²) in [4.78, 5) is 25.8. The highest BCUT2D eigenvalue weighted by atomic mass is 16.5. The van der Waals surface area contributed by atoms with Crippen LogP contribution in [0.2, 0.25) is 0 Å². The maximum Gasteiger partial charge on any atom is 0.268 e. The van der Waals surface area contributed by atoms with E-state index in [9.17, 15) is 9.59 Å². The van der Waals surface area contributed by atoms with Gasteiger partial charge in [-0.25, -0.2) is 0 Å². The number of anilines is 2. The second-order valence-corrected chi connectivity index (χ2v) is 5.65. The minimum atomic E-state index is -0.661. The van der Waals surface area contributed by atoms with Crippen LogP contribution >= 0.6 is 0 Å². The molecule has 23 heavy (non-hydrogen) atoms. The summed E-state index contributed by atoms with van der Waals surface area (Å²) in [7, 11) is 0. The summed E-state index contributed by atoms with van der Waals surface area (Å²) in [5.74, 6) is 0.335. The van der Waals surface area contributed by atoms with Gasteiger partial charge in [0.15, 0.2) is 6.10 Å². The van der Waals surface area contributed by atoms with Gasteiger partial charge in [0.2, 0.25) is 0 Å². The van der Waals surface area contributed by atoms with Crippen molar-refractivity contribution in [2.75, 3.05) is 17.2 Å². The molecular weight excluding hydrogens is 292 g/mol. The van der Waals surface area contributed by atoms with E-state index in [4.69, 9.17) is 10.5 Å². The number of amides is 1. The average molecular weight is 310 g/mol. The number of hydrogen-bond donors (Lipinski definition) is 1. The molecule has 1 atom stereocenters. The highest BCUT2D eigenvalue weighted by Gasteiger charge is 2.34. The van der Waals surface area contributed by atoms with Gasteiger partial charge < -0.3 is 10.5 Å². The van der Waals surface area contributed by atoms with Crippen molar-refractivity contribution in [3.05, 3.63) is 54.1 Å².